The van der Waals surface area contributed by atoms with E-state index in [4.69, 9.17) is 0 Å². The molecular weight excluding hydrogens is 105 g/mol. The van der Waals surface area contributed by atoms with Crippen molar-refractivity contribution in [2.75, 3.05) is 0 Å². The van der Waals surface area contributed by atoms with Crippen molar-refractivity contribution in [3.8, 4) is 0 Å². The molecule has 0 atom stereocenters. The molecule has 0 bridgehead atoms. The zero-order valence-corrected chi connectivity index (χ0v) is 7.12. The van der Waals surface area contributed by atoms with Crippen LogP contribution in [-0.2, 0) is 0 Å². The second-order valence-electron chi connectivity index (χ2n) is 2.44. The molecule has 0 aromatic rings. The van der Waals surface area contributed by atoms with Crippen molar-refractivity contribution in [3.05, 3.63) is 10.9 Å². The Morgan fingerprint density at radius 2 is 1.89 bits per heavy atom. The highest BCUT2D eigenvalue weighted by Crippen LogP contribution is 2.05. The van der Waals surface area contributed by atoms with Crippen LogP contribution in [0.1, 0.15) is 26.7 Å². The van der Waals surface area contributed by atoms with Crippen LogP contribution in [0.3, 0.4) is 0 Å². The molecule has 0 radical (unpaired) electrons. The van der Waals surface area contributed by atoms with Crippen molar-refractivity contribution < 1.29 is 0 Å². The molecular formula is C6H15B3. The van der Waals surface area contributed by atoms with Crippen molar-refractivity contribution in [2.24, 2.45) is 0 Å². The highest BCUT2D eigenvalue weighted by molar-refractivity contribution is 6.94. The van der Waals surface area contributed by atoms with Gasteiger partial charge in [0.15, 0.2) is 0 Å². The van der Waals surface area contributed by atoms with E-state index in [0.717, 1.165) is 0 Å². The van der Waals surface area contributed by atoms with Gasteiger partial charge in [-0.15, -0.1) is 10.9 Å². The summed E-state index contributed by atoms with van der Waals surface area (Å²) in [5.74, 6) is 0. The van der Waals surface area contributed by atoms with Crippen LogP contribution in [-0.4, -0.2) is 22.8 Å². The highest BCUT2D eigenvalue weighted by atomic mass is 13.8. The maximum absolute atomic E-state index is 2.24. The molecule has 48 valence electrons. The minimum Gasteiger partial charge on any atom is -0.125 e. The summed E-state index contributed by atoms with van der Waals surface area (Å²) in [4.78, 5) is 0. The lowest BCUT2D eigenvalue weighted by atomic mass is 9.47. The third kappa shape index (κ3) is 2.83. The molecule has 0 unspecified atom stereocenters. The molecule has 0 amide bonds. The second-order valence-corrected chi connectivity index (χ2v) is 2.44. The van der Waals surface area contributed by atoms with Gasteiger partial charge in [0.25, 0.3) is 0 Å². The fourth-order valence-electron chi connectivity index (χ4n) is 1.10. The predicted octanol–water partition coefficient (Wildman–Crippen LogP) is -0.364. The van der Waals surface area contributed by atoms with E-state index in [-0.39, 0.29) is 0 Å². The SMILES string of the molecule is BB/C(CC)=C(\B)CC. The normalized spacial score (nSPS) is 12.7. The first-order valence-electron chi connectivity index (χ1n) is 3.93. The van der Waals surface area contributed by atoms with E-state index in [2.05, 4.69) is 29.4 Å². The zero-order valence-electron chi connectivity index (χ0n) is 7.12. The minimum atomic E-state index is 1.22. The number of hydrogen-bond acceptors (Lipinski definition) is 0. The average molecular weight is 120 g/mol. The van der Waals surface area contributed by atoms with E-state index in [0.29, 0.717) is 0 Å². The Morgan fingerprint density at radius 3 is 2.00 bits per heavy atom. The van der Waals surface area contributed by atoms with Crippen molar-refractivity contribution in [2.45, 2.75) is 26.7 Å². The standard InChI is InChI=1S/C6H15B3/c1-3-5(7)6(4-2)9-8/h9H,3-4,7-8H2,1-2H3/b6-5-. The van der Waals surface area contributed by atoms with Crippen LogP contribution in [0.25, 0.3) is 0 Å². The van der Waals surface area contributed by atoms with Crippen molar-refractivity contribution in [3.63, 3.8) is 0 Å². The Bertz CT molecular complexity index is 101. The number of rotatable bonds is 3. The van der Waals surface area contributed by atoms with E-state index >= 15 is 0 Å². The maximum atomic E-state index is 2.24. The first kappa shape index (κ1) is 8.93. The van der Waals surface area contributed by atoms with E-state index in [9.17, 15) is 0 Å². The van der Waals surface area contributed by atoms with Crippen LogP contribution in [0.15, 0.2) is 10.9 Å². The smallest absolute Gasteiger partial charge is 0.125 e. The Hall–Kier alpha value is -0.0652. The van der Waals surface area contributed by atoms with Gasteiger partial charge in [-0.1, -0.05) is 13.8 Å². The van der Waals surface area contributed by atoms with Gasteiger partial charge < -0.3 is 0 Å². The first-order valence-corrected chi connectivity index (χ1v) is 3.93. The number of allylic oxidation sites excluding steroid dienone is 2. The summed E-state index contributed by atoms with van der Waals surface area (Å²) in [6.07, 6.45) is 2.45. The molecule has 0 rings (SSSR count). The topological polar surface area (TPSA) is 0 Å². The van der Waals surface area contributed by atoms with Crippen LogP contribution in [0.4, 0.5) is 0 Å². The lowest BCUT2D eigenvalue weighted by Gasteiger charge is -2.03. The van der Waals surface area contributed by atoms with Crippen molar-refractivity contribution >= 4 is 22.8 Å². The molecule has 0 saturated heterocycles. The molecule has 0 N–H and O–H groups in total. The summed E-state index contributed by atoms with van der Waals surface area (Å²) in [5, 5.41) is 0. The molecule has 0 saturated carbocycles. The average Bonchev–Trinajstić information content (AvgIpc) is 1.90. The van der Waals surface area contributed by atoms with Gasteiger partial charge in [-0.05, 0) is 12.8 Å². The van der Waals surface area contributed by atoms with Crippen LogP contribution in [0.2, 0.25) is 0 Å². The van der Waals surface area contributed by atoms with Crippen LogP contribution in [0.5, 0.6) is 0 Å². The lowest BCUT2D eigenvalue weighted by Crippen LogP contribution is -1.99. The highest BCUT2D eigenvalue weighted by Gasteiger charge is 1.94. The van der Waals surface area contributed by atoms with Gasteiger partial charge >= 0.3 is 0 Å². The lowest BCUT2D eigenvalue weighted by molar-refractivity contribution is 1.11. The molecule has 0 fully saturated rings. The third-order valence-corrected chi connectivity index (χ3v) is 1.99. The molecule has 3 heteroatoms. The molecule has 0 aliphatic carbocycles. The van der Waals surface area contributed by atoms with E-state index in [1.54, 1.807) is 10.9 Å². The molecule has 0 nitrogen and oxygen atoms in total. The van der Waals surface area contributed by atoms with Crippen LogP contribution < -0.4 is 0 Å². The van der Waals surface area contributed by atoms with Gasteiger partial charge in [-0.2, -0.15) is 0 Å². The van der Waals surface area contributed by atoms with Gasteiger partial charge in [0, 0.05) is 0 Å². The van der Waals surface area contributed by atoms with Crippen molar-refractivity contribution in [1.82, 2.24) is 0 Å². The fraction of sp³-hybridized carbons (Fsp3) is 0.667. The Labute approximate surface area is 61.1 Å². The second kappa shape index (κ2) is 4.78. The van der Waals surface area contributed by atoms with Gasteiger partial charge in [-0.25, -0.2) is 0 Å². The molecule has 0 aliphatic heterocycles. The molecule has 0 aromatic carbocycles. The van der Waals surface area contributed by atoms with Gasteiger partial charge in [0.05, 0.1) is 7.74 Å². The zero-order chi connectivity index (χ0) is 7.28. The fourth-order valence-corrected chi connectivity index (χ4v) is 1.10. The van der Waals surface area contributed by atoms with E-state index in [1.165, 1.54) is 20.0 Å². The van der Waals surface area contributed by atoms with Crippen molar-refractivity contribution in [1.29, 1.82) is 0 Å². The maximum Gasteiger partial charge on any atom is 0.132 e. The quantitative estimate of drug-likeness (QED) is 0.445. The summed E-state index contributed by atoms with van der Waals surface area (Å²) in [6, 6.07) is 0. The van der Waals surface area contributed by atoms with E-state index in [1.807, 2.05) is 0 Å². The summed E-state index contributed by atoms with van der Waals surface area (Å²) in [5.41, 5.74) is 3.22. The predicted molar refractivity (Wildman–Crippen MR) is 51.8 cm³/mol. The van der Waals surface area contributed by atoms with Gasteiger partial charge in [0.2, 0.25) is 0 Å². The first-order chi connectivity index (χ1) is 4.26. The Balaban J connectivity index is 4.01. The summed E-state index contributed by atoms with van der Waals surface area (Å²) < 4.78 is 0. The van der Waals surface area contributed by atoms with Crippen LogP contribution >= 0.6 is 0 Å². The van der Waals surface area contributed by atoms with E-state index < -0.39 is 0 Å². The largest absolute Gasteiger partial charge is 0.132 e. The minimum absolute atomic E-state index is 1.22. The Kier molecular flexibility index (Phi) is 4.75. The monoisotopic (exact) mass is 120 g/mol. The summed E-state index contributed by atoms with van der Waals surface area (Å²) in [6.45, 7) is 4.46. The molecule has 0 heterocycles. The van der Waals surface area contributed by atoms with Crippen LogP contribution in [0, 0.1) is 0 Å². The van der Waals surface area contributed by atoms with Gasteiger partial charge in [0.1, 0.15) is 15.0 Å². The summed E-state index contributed by atoms with van der Waals surface area (Å²) >= 11 is 0. The molecule has 0 aliphatic rings. The molecule has 9 heavy (non-hydrogen) atoms. The summed E-state index contributed by atoms with van der Waals surface area (Å²) in [7, 11) is 5.70. The molecule has 0 aromatic heterocycles. The van der Waals surface area contributed by atoms with Gasteiger partial charge in [-0.3, -0.25) is 0 Å². The number of hydrogen-bond donors (Lipinski definition) is 0. The molecule has 0 spiro atoms. The Morgan fingerprint density at radius 1 is 1.33 bits per heavy atom. The third-order valence-electron chi connectivity index (χ3n) is 1.99.